The molecule has 140 valence electrons. The minimum atomic E-state index is -3.52. The second kappa shape index (κ2) is 8.24. The molecule has 1 N–H and O–H groups in total. The van der Waals surface area contributed by atoms with Gasteiger partial charge in [-0.2, -0.15) is 4.31 Å². The first kappa shape index (κ1) is 19.6. The molecule has 10 heteroatoms. The molecule has 1 aliphatic heterocycles. The van der Waals surface area contributed by atoms with Gasteiger partial charge in [-0.1, -0.05) is 29.3 Å². The van der Waals surface area contributed by atoms with Crippen LogP contribution in [0, 0.1) is 0 Å². The van der Waals surface area contributed by atoms with Crippen molar-refractivity contribution in [2.75, 3.05) is 26.3 Å². The Morgan fingerprint density at radius 3 is 2.65 bits per heavy atom. The van der Waals surface area contributed by atoms with Crippen molar-refractivity contribution >= 4 is 50.5 Å². The standard InChI is InChI=1S/C16H16Cl2N2O4S2/c17-13-3-1-2-12(15(13)18)16(21)19-10-11-4-5-14(25-11)26(22,23)20-6-8-24-9-7-20/h1-5H,6-10H2,(H,19,21). The Morgan fingerprint density at radius 2 is 1.92 bits per heavy atom. The number of morpholine rings is 1. The molecule has 2 aromatic rings. The van der Waals surface area contributed by atoms with Crippen LogP contribution in [0.2, 0.25) is 10.0 Å². The second-order valence-corrected chi connectivity index (χ2v) is 9.64. The van der Waals surface area contributed by atoms with E-state index >= 15 is 0 Å². The maximum Gasteiger partial charge on any atom is 0.253 e. The minimum Gasteiger partial charge on any atom is -0.379 e. The van der Waals surface area contributed by atoms with E-state index in [0.717, 1.165) is 16.2 Å². The molecule has 2 heterocycles. The number of hydrogen-bond acceptors (Lipinski definition) is 5. The van der Waals surface area contributed by atoms with E-state index in [1.54, 1.807) is 30.3 Å². The van der Waals surface area contributed by atoms with Crippen LogP contribution in [-0.2, 0) is 21.3 Å². The number of ether oxygens (including phenoxy) is 1. The highest BCUT2D eigenvalue weighted by Crippen LogP contribution is 2.27. The molecule has 1 fully saturated rings. The van der Waals surface area contributed by atoms with E-state index in [0.29, 0.717) is 31.3 Å². The number of rotatable bonds is 5. The van der Waals surface area contributed by atoms with Crippen LogP contribution >= 0.6 is 34.5 Å². The molecule has 6 nitrogen and oxygen atoms in total. The van der Waals surface area contributed by atoms with E-state index < -0.39 is 10.0 Å². The monoisotopic (exact) mass is 434 g/mol. The molecule has 1 aromatic heterocycles. The maximum absolute atomic E-state index is 12.6. The molecule has 1 aromatic carbocycles. The predicted molar refractivity (Wildman–Crippen MR) is 102 cm³/mol. The summed E-state index contributed by atoms with van der Waals surface area (Å²) >= 11 is 13.1. The number of carbonyl (C=O) groups is 1. The lowest BCUT2D eigenvalue weighted by molar-refractivity contribution is 0.0731. The highest BCUT2D eigenvalue weighted by molar-refractivity contribution is 7.91. The van der Waals surface area contributed by atoms with Gasteiger partial charge in [0.2, 0.25) is 0 Å². The van der Waals surface area contributed by atoms with Crippen molar-refractivity contribution in [3.8, 4) is 0 Å². The number of amides is 1. The lowest BCUT2D eigenvalue weighted by Crippen LogP contribution is -2.40. The van der Waals surface area contributed by atoms with Gasteiger partial charge in [-0.05, 0) is 24.3 Å². The molecule has 1 amide bonds. The van der Waals surface area contributed by atoms with Gasteiger partial charge in [-0.15, -0.1) is 11.3 Å². The summed E-state index contributed by atoms with van der Waals surface area (Å²) in [7, 11) is -3.52. The largest absolute Gasteiger partial charge is 0.379 e. The molecular weight excluding hydrogens is 419 g/mol. The Kier molecular flexibility index (Phi) is 6.21. The molecule has 0 atom stereocenters. The highest BCUT2D eigenvalue weighted by atomic mass is 35.5. The van der Waals surface area contributed by atoms with Gasteiger partial charge in [-0.3, -0.25) is 4.79 Å². The molecule has 3 rings (SSSR count). The summed E-state index contributed by atoms with van der Waals surface area (Å²) in [6.07, 6.45) is 0. The van der Waals surface area contributed by atoms with Crippen molar-refractivity contribution in [1.29, 1.82) is 0 Å². The van der Waals surface area contributed by atoms with Crippen molar-refractivity contribution < 1.29 is 17.9 Å². The smallest absolute Gasteiger partial charge is 0.253 e. The molecule has 0 aliphatic carbocycles. The Morgan fingerprint density at radius 1 is 1.19 bits per heavy atom. The normalized spacial score (nSPS) is 15.8. The van der Waals surface area contributed by atoms with E-state index in [1.165, 1.54) is 4.31 Å². The fourth-order valence-corrected chi connectivity index (χ4v) is 5.69. The van der Waals surface area contributed by atoms with Gasteiger partial charge in [0.25, 0.3) is 15.9 Å². The van der Waals surface area contributed by atoms with Crippen LogP contribution in [0.25, 0.3) is 0 Å². The number of hydrogen-bond donors (Lipinski definition) is 1. The number of benzene rings is 1. The predicted octanol–water partition coefficient (Wildman–Crippen LogP) is 3.01. The number of nitrogens with one attached hydrogen (secondary N) is 1. The van der Waals surface area contributed by atoms with Crippen LogP contribution in [0.5, 0.6) is 0 Å². The van der Waals surface area contributed by atoms with Gasteiger partial charge < -0.3 is 10.1 Å². The van der Waals surface area contributed by atoms with Crippen LogP contribution in [0.1, 0.15) is 15.2 Å². The first-order valence-electron chi connectivity index (χ1n) is 7.78. The van der Waals surface area contributed by atoms with E-state index in [4.69, 9.17) is 27.9 Å². The van der Waals surface area contributed by atoms with E-state index in [1.807, 2.05) is 0 Å². The Bertz CT molecular complexity index is 909. The molecule has 0 unspecified atom stereocenters. The van der Waals surface area contributed by atoms with E-state index in [9.17, 15) is 13.2 Å². The van der Waals surface area contributed by atoms with Crippen molar-refractivity contribution in [1.82, 2.24) is 9.62 Å². The summed E-state index contributed by atoms with van der Waals surface area (Å²) < 4.78 is 32.1. The average Bonchev–Trinajstić information content (AvgIpc) is 3.12. The first-order valence-corrected chi connectivity index (χ1v) is 10.8. The number of carbonyl (C=O) groups excluding carboxylic acids is 1. The number of thiophene rings is 1. The quantitative estimate of drug-likeness (QED) is 0.784. The first-order chi connectivity index (χ1) is 12.4. The molecule has 1 saturated heterocycles. The molecule has 0 saturated carbocycles. The minimum absolute atomic E-state index is 0.188. The fraction of sp³-hybridized carbons (Fsp3) is 0.312. The van der Waals surface area contributed by atoms with Crippen LogP contribution in [-0.4, -0.2) is 44.9 Å². The van der Waals surface area contributed by atoms with Gasteiger partial charge in [0.05, 0.1) is 35.4 Å². The Labute approximate surface area is 165 Å². The summed E-state index contributed by atoms with van der Waals surface area (Å²) in [5.41, 5.74) is 0.275. The van der Waals surface area contributed by atoms with Gasteiger partial charge in [0.1, 0.15) is 4.21 Å². The SMILES string of the molecule is O=C(NCc1ccc(S(=O)(=O)N2CCOCC2)s1)c1cccc(Cl)c1Cl. The molecule has 0 radical (unpaired) electrons. The topological polar surface area (TPSA) is 75.7 Å². The van der Waals surface area contributed by atoms with E-state index in [2.05, 4.69) is 5.32 Å². The Balaban J connectivity index is 1.67. The zero-order valence-corrected chi connectivity index (χ0v) is 16.7. The third-order valence-corrected chi connectivity index (χ3v) is 8.09. The lowest BCUT2D eigenvalue weighted by Gasteiger charge is -2.25. The zero-order chi connectivity index (χ0) is 18.7. The highest BCUT2D eigenvalue weighted by Gasteiger charge is 2.27. The van der Waals surface area contributed by atoms with Crippen LogP contribution < -0.4 is 5.32 Å². The van der Waals surface area contributed by atoms with Crippen LogP contribution in [0.4, 0.5) is 0 Å². The van der Waals surface area contributed by atoms with Gasteiger partial charge in [0, 0.05) is 18.0 Å². The summed E-state index contributed by atoms with van der Waals surface area (Å²) in [6, 6.07) is 8.07. The maximum atomic E-state index is 12.6. The fourth-order valence-electron chi connectivity index (χ4n) is 2.45. The summed E-state index contributed by atoms with van der Waals surface area (Å²) in [5, 5.41) is 3.22. The third kappa shape index (κ3) is 4.21. The average molecular weight is 435 g/mol. The van der Waals surface area contributed by atoms with E-state index in [-0.39, 0.29) is 27.2 Å². The van der Waals surface area contributed by atoms with Crippen molar-refractivity contribution in [2.24, 2.45) is 0 Å². The molecule has 1 aliphatic rings. The lowest BCUT2D eigenvalue weighted by atomic mass is 10.2. The zero-order valence-electron chi connectivity index (χ0n) is 13.6. The molecule has 26 heavy (non-hydrogen) atoms. The summed E-state index contributed by atoms with van der Waals surface area (Å²) in [6.45, 7) is 1.69. The van der Waals surface area contributed by atoms with Crippen molar-refractivity contribution in [3.63, 3.8) is 0 Å². The molecule has 0 spiro atoms. The van der Waals surface area contributed by atoms with Crippen molar-refractivity contribution in [2.45, 2.75) is 10.8 Å². The molecule has 0 bridgehead atoms. The van der Waals surface area contributed by atoms with Gasteiger partial charge >= 0.3 is 0 Å². The summed E-state index contributed by atoms with van der Waals surface area (Å²) in [4.78, 5) is 13.0. The summed E-state index contributed by atoms with van der Waals surface area (Å²) in [5.74, 6) is -0.372. The third-order valence-electron chi connectivity index (χ3n) is 3.82. The second-order valence-electron chi connectivity index (χ2n) is 5.52. The van der Waals surface area contributed by atoms with Gasteiger partial charge in [-0.25, -0.2) is 8.42 Å². The Hall–Kier alpha value is -1.16. The van der Waals surface area contributed by atoms with Crippen LogP contribution in [0.3, 0.4) is 0 Å². The van der Waals surface area contributed by atoms with Crippen molar-refractivity contribution in [3.05, 3.63) is 50.8 Å². The number of sulfonamides is 1. The van der Waals surface area contributed by atoms with Crippen LogP contribution in [0.15, 0.2) is 34.5 Å². The van der Waals surface area contributed by atoms with Gasteiger partial charge in [0.15, 0.2) is 0 Å². The molecular formula is C16H16Cl2N2O4S2. The number of halogens is 2. The number of nitrogens with zero attached hydrogens (tertiary/aromatic N) is 1.